The number of likely N-dealkylation sites (tertiary alicyclic amines) is 1. The summed E-state index contributed by atoms with van der Waals surface area (Å²) in [6.45, 7) is 1.91. The Kier molecular flexibility index (Phi) is 6.42. The molecule has 0 bridgehead atoms. The number of alkyl halides is 2. The standard InChI is InChI=1S/C26H30F3N5O2/c1-30-7-9-36-24-5-4-17(13-31-24)20-11-22(18-10-19(27)23(35-3)12-21(18)32-20)34-8-6-25(15-34)14-33(2)16-26(25,28)29/h4-5,10-13,30H,6-9,14-16H2,1-3H3. The van der Waals surface area contributed by atoms with E-state index in [2.05, 4.69) is 10.3 Å². The Morgan fingerprint density at radius 1 is 1.14 bits per heavy atom. The van der Waals surface area contributed by atoms with E-state index in [0.717, 1.165) is 5.56 Å². The third-order valence-corrected chi connectivity index (χ3v) is 7.21. The Balaban J connectivity index is 1.54. The topological polar surface area (TPSA) is 62.8 Å². The second-order valence-electron chi connectivity index (χ2n) is 9.70. The number of hydrogen-bond acceptors (Lipinski definition) is 7. The predicted molar refractivity (Wildman–Crippen MR) is 133 cm³/mol. The molecule has 2 aliphatic rings. The Labute approximate surface area is 208 Å². The van der Waals surface area contributed by atoms with Gasteiger partial charge in [0.1, 0.15) is 6.61 Å². The van der Waals surface area contributed by atoms with Gasteiger partial charge in [-0.1, -0.05) is 0 Å². The van der Waals surface area contributed by atoms with Gasteiger partial charge in [0, 0.05) is 61.1 Å². The van der Waals surface area contributed by atoms with Crippen molar-refractivity contribution in [2.75, 3.05) is 65.4 Å². The first kappa shape index (κ1) is 24.6. The lowest BCUT2D eigenvalue weighted by Gasteiger charge is -2.30. The third kappa shape index (κ3) is 4.32. The van der Waals surface area contributed by atoms with Crippen molar-refractivity contribution < 1.29 is 22.6 Å². The molecule has 1 spiro atoms. The van der Waals surface area contributed by atoms with Gasteiger partial charge < -0.3 is 19.7 Å². The summed E-state index contributed by atoms with van der Waals surface area (Å²) >= 11 is 0. The molecule has 2 aromatic heterocycles. The number of pyridine rings is 2. The van der Waals surface area contributed by atoms with Crippen molar-refractivity contribution >= 4 is 16.6 Å². The third-order valence-electron chi connectivity index (χ3n) is 7.21. The number of halogens is 3. The van der Waals surface area contributed by atoms with Gasteiger partial charge in [-0.05, 0) is 38.7 Å². The Morgan fingerprint density at radius 3 is 2.64 bits per heavy atom. The van der Waals surface area contributed by atoms with Gasteiger partial charge in [0.25, 0.3) is 5.92 Å². The van der Waals surface area contributed by atoms with Crippen LogP contribution in [0.25, 0.3) is 22.2 Å². The molecule has 2 aliphatic heterocycles. The fraction of sp³-hybridized carbons (Fsp3) is 0.462. The SMILES string of the molecule is CNCCOc1ccc(-c2cc(N3CCC4(CN(C)CC4(F)F)C3)c3cc(F)c(OC)cc3n2)cn1. The van der Waals surface area contributed by atoms with Crippen LogP contribution >= 0.6 is 0 Å². The highest BCUT2D eigenvalue weighted by molar-refractivity contribution is 5.95. The lowest BCUT2D eigenvalue weighted by Crippen LogP contribution is -2.42. The summed E-state index contributed by atoms with van der Waals surface area (Å²) in [5.41, 5.74) is 1.41. The summed E-state index contributed by atoms with van der Waals surface area (Å²) in [5, 5.41) is 3.57. The van der Waals surface area contributed by atoms with Crippen LogP contribution in [0.5, 0.6) is 11.6 Å². The van der Waals surface area contributed by atoms with Crippen molar-refractivity contribution in [3.8, 4) is 22.9 Å². The second kappa shape index (κ2) is 9.40. The summed E-state index contributed by atoms with van der Waals surface area (Å²) in [6, 6.07) is 8.38. The van der Waals surface area contributed by atoms with Crippen molar-refractivity contribution in [3.63, 3.8) is 0 Å². The maximum atomic E-state index is 15.0. The van der Waals surface area contributed by atoms with E-state index in [4.69, 9.17) is 14.5 Å². The molecule has 36 heavy (non-hydrogen) atoms. The molecule has 0 amide bonds. The minimum Gasteiger partial charge on any atom is -0.494 e. The quantitative estimate of drug-likeness (QED) is 0.494. The Hall–Kier alpha value is -3.11. The van der Waals surface area contributed by atoms with E-state index < -0.39 is 17.2 Å². The molecule has 10 heteroatoms. The molecule has 3 aromatic rings. The molecule has 0 aliphatic carbocycles. The molecule has 1 N–H and O–H groups in total. The average Bonchev–Trinajstić information content (AvgIpc) is 3.38. The number of nitrogens with one attached hydrogen (secondary N) is 1. The number of methoxy groups -OCH3 is 1. The van der Waals surface area contributed by atoms with Crippen molar-refractivity contribution in [1.29, 1.82) is 0 Å². The van der Waals surface area contributed by atoms with Gasteiger partial charge in [0.05, 0.1) is 30.3 Å². The predicted octanol–water partition coefficient (Wildman–Crippen LogP) is 3.82. The van der Waals surface area contributed by atoms with E-state index in [1.807, 2.05) is 24.1 Å². The van der Waals surface area contributed by atoms with Crippen molar-refractivity contribution in [1.82, 2.24) is 20.2 Å². The number of anilines is 1. The molecule has 0 radical (unpaired) electrons. The lowest BCUT2D eigenvalue weighted by atomic mass is 9.83. The molecule has 4 heterocycles. The van der Waals surface area contributed by atoms with Crippen LogP contribution in [0.1, 0.15) is 6.42 Å². The summed E-state index contributed by atoms with van der Waals surface area (Å²) in [7, 11) is 4.97. The summed E-state index contributed by atoms with van der Waals surface area (Å²) in [5.74, 6) is -2.74. The van der Waals surface area contributed by atoms with Crippen LogP contribution in [0.4, 0.5) is 18.9 Å². The Morgan fingerprint density at radius 2 is 1.97 bits per heavy atom. The molecule has 5 rings (SSSR count). The van der Waals surface area contributed by atoms with Crippen LogP contribution in [-0.2, 0) is 0 Å². The fourth-order valence-corrected chi connectivity index (χ4v) is 5.35. The van der Waals surface area contributed by atoms with E-state index in [1.54, 1.807) is 30.3 Å². The van der Waals surface area contributed by atoms with E-state index in [1.165, 1.54) is 13.2 Å². The molecule has 192 valence electrons. The molecule has 2 saturated heterocycles. The summed E-state index contributed by atoms with van der Waals surface area (Å²) < 4.78 is 55.6. The highest BCUT2D eigenvalue weighted by Crippen LogP contribution is 2.51. The number of nitrogens with zero attached hydrogens (tertiary/aromatic N) is 4. The molecular formula is C26H30F3N5O2. The van der Waals surface area contributed by atoms with Gasteiger partial charge >= 0.3 is 0 Å². The van der Waals surface area contributed by atoms with Gasteiger partial charge in [-0.25, -0.2) is 23.1 Å². The first-order chi connectivity index (χ1) is 17.2. The summed E-state index contributed by atoms with van der Waals surface area (Å²) in [6.07, 6.45) is 2.03. The van der Waals surface area contributed by atoms with Crippen LogP contribution in [-0.4, -0.2) is 81.3 Å². The lowest BCUT2D eigenvalue weighted by molar-refractivity contribution is -0.0735. The molecule has 7 nitrogen and oxygen atoms in total. The minimum absolute atomic E-state index is 0.0753. The fourth-order valence-electron chi connectivity index (χ4n) is 5.35. The molecule has 1 aromatic carbocycles. The maximum Gasteiger partial charge on any atom is 0.269 e. The number of likely N-dealkylation sites (N-methyl/N-ethyl adjacent to an activating group) is 1. The smallest absolute Gasteiger partial charge is 0.269 e. The Bertz CT molecular complexity index is 1260. The van der Waals surface area contributed by atoms with E-state index in [0.29, 0.717) is 60.8 Å². The minimum atomic E-state index is -2.79. The first-order valence-electron chi connectivity index (χ1n) is 12.0. The highest BCUT2D eigenvalue weighted by Gasteiger charge is 2.61. The van der Waals surface area contributed by atoms with E-state index >= 15 is 8.78 Å². The van der Waals surface area contributed by atoms with Crippen LogP contribution in [0.2, 0.25) is 0 Å². The molecule has 2 fully saturated rings. The maximum absolute atomic E-state index is 15.0. The van der Waals surface area contributed by atoms with Crippen molar-refractivity contribution in [2.45, 2.75) is 12.3 Å². The van der Waals surface area contributed by atoms with Gasteiger partial charge in [0.2, 0.25) is 5.88 Å². The highest BCUT2D eigenvalue weighted by atomic mass is 19.3. The van der Waals surface area contributed by atoms with Gasteiger partial charge in [-0.15, -0.1) is 0 Å². The van der Waals surface area contributed by atoms with Gasteiger partial charge in [0.15, 0.2) is 11.6 Å². The van der Waals surface area contributed by atoms with Crippen molar-refractivity contribution in [3.05, 3.63) is 42.3 Å². The normalized spacial score (nSPS) is 21.6. The molecule has 1 atom stereocenters. The monoisotopic (exact) mass is 501 g/mol. The first-order valence-corrected chi connectivity index (χ1v) is 12.0. The van der Waals surface area contributed by atoms with Crippen molar-refractivity contribution in [2.24, 2.45) is 5.41 Å². The number of rotatable bonds is 7. The number of ether oxygens (including phenoxy) is 2. The molecular weight excluding hydrogens is 471 g/mol. The second-order valence-corrected chi connectivity index (χ2v) is 9.70. The van der Waals surface area contributed by atoms with Gasteiger partial charge in [-0.2, -0.15) is 0 Å². The number of fused-ring (bicyclic) bond motifs is 1. The zero-order valence-electron chi connectivity index (χ0n) is 20.7. The summed E-state index contributed by atoms with van der Waals surface area (Å²) in [4.78, 5) is 12.7. The van der Waals surface area contributed by atoms with Crippen LogP contribution in [0.3, 0.4) is 0 Å². The zero-order valence-corrected chi connectivity index (χ0v) is 20.7. The van der Waals surface area contributed by atoms with E-state index in [-0.39, 0.29) is 18.8 Å². The van der Waals surface area contributed by atoms with E-state index in [9.17, 15) is 4.39 Å². The van der Waals surface area contributed by atoms with Crippen LogP contribution < -0.4 is 19.7 Å². The number of hydrogen-bond donors (Lipinski definition) is 1. The largest absolute Gasteiger partial charge is 0.494 e. The molecule has 1 unspecified atom stereocenters. The number of benzene rings is 1. The average molecular weight is 502 g/mol. The van der Waals surface area contributed by atoms with Gasteiger partial charge in [-0.3, -0.25) is 4.90 Å². The zero-order chi connectivity index (χ0) is 25.5. The number of aromatic nitrogens is 2. The molecule has 0 saturated carbocycles. The van der Waals surface area contributed by atoms with Crippen LogP contribution in [0, 0.1) is 11.2 Å². The van der Waals surface area contributed by atoms with Crippen LogP contribution in [0.15, 0.2) is 36.5 Å².